The van der Waals surface area contributed by atoms with E-state index in [1.807, 2.05) is 31.4 Å². The van der Waals surface area contributed by atoms with E-state index in [0.29, 0.717) is 22.1 Å². The van der Waals surface area contributed by atoms with Gasteiger partial charge < -0.3 is 4.57 Å². The Hall–Kier alpha value is -2.26. The summed E-state index contributed by atoms with van der Waals surface area (Å²) in [5.41, 5.74) is 3.32. The fourth-order valence-electron chi connectivity index (χ4n) is 2.92. The predicted octanol–water partition coefficient (Wildman–Crippen LogP) is 5.55. The molecule has 0 amide bonds. The van der Waals surface area contributed by atoms with E-state index in [0.717, 1.165) is 17.3 Å². The summed E-state index contributed by atoms with van der Waals surface area (Å²) in [4.78, 5) is 0. The monoisotopic (exact) mass is 397 g/mol. The number of aryl methyl sites for hydroxylation is 1. The van der Waals surface area contributed by atoms with Crippen LogP contribution in [0.2, 0.25) is 0 Å². The van der Waals surface area contributed by atoms with Crippen molar-refractivity contribution in [2.45, 2.75) is 51.9 Å². The zero-order valence-electron chi connectivity index (χ0n) is 14.9. The van der Waals surface area contributed by atoms with Crippen LogP contribution >= 0.6 is 0 Å². The van der Waals surface area contributed by atoms with Gasteiger partial charge in [0.25, 0.3) is 0 Å². The molecule has 0 atom stereocenters. The standard InChI is InChI=1S/C17H18F7N3/c1-9(2)27-11(4)13(12-7-5-6-10(3)14(12)27)8-25-26-17(23,24)15(18,19)16(20,21)22/h5-9,26H,1-4H3/b25-8+. The van der Waals surface area contributed by atoms with Crippen molar-refractivity contribution in [2.75, 3.05) is 0 Å². The number of alkyl halides is 7. The number of hydrogen-bond donors (Lipinski definition) is 1. The van der Waals surface area contributed by atoms with E-state index in [1.54, 1.807) is 19.1 Å². The molecule has 0 aliphatic rings. The molecule has 0 aliphatic carbocycles. The summed E-state index contributed by atoms with van der Waals surface area (Å²) in [6, 6.07) is -0.337. The third-order valence-electron chi connectivity index (χ3n) is 4.19. The minimum absolute atomic E-state index is 0.000266. The summed E-state index contributed by atoms with van der Waals surface area (Å²) in [7, 11) is 0. The molecular formula is C17H18F7N3. The second-order valence-corrected chi connectivity index (χ2v) is 6.45. The molecule has 27 heavy (non-hydrogen) atoms. The van der Waals surface area contributed by atoms with E-state index in [-0.39, 0.29) is 6.04 Å². The van der Waals surface area contributed by atoms with E-state index in [1.165, 1.54) is 0 Å². The number of aromatic nitrogens is 1. The van der Waals surface area contributed by atoms with Crippen LogP contribution in [-0.2, 0) is 0 Å². The predicted molar refractivity (Wildman–Crippen MR) is 88.5 cm³/mol. The molecule has 150 valence electrons. The average Bonchev–Trinajstić information content (AvgIpc) is 2.80. The highest BCUT2D eigenvalue weighted by atomic mass is 19.4. The summed E-state index contributed by atoms with van der Waals surface area (Å²) in [5.74, 6) is -6.27. The van der Waals surface area contributed by atoms with Gasteiger partial charge in [0.05, 0.1) is 11.7 Å². The first-order chi connectivity index (χ1) is 12.2. The van der Waals surface area contributed by atoms with Crippen molar-refractivity contribution in [3.8, 4) is 0 Å². The quantitative estimate of drug-likeness (QED) is 0.305. The first kappa shape index (κ1) is 21.0. The van der Waals surface area contributed by atoms with Crippen molar-refractivity contribution in [3.63, 3.8) is 0 Å². The number of nitrogens with one attached hydrogen (secondary N) is 1. The van der Waals surface area contributed by atoms with Gasteiger partial charge in [-0.2, -0.15) is 35.8 Å². The SMILES string of the molecule is Cc1cccc2c(/C=N/NC(F)(F)C(F)(F)C(F)(F)F)c(C)n(C(C)C)c12. The lowest BCUT2D eigenvalue weighted by atomic mass is 10.1. The number of hydrazone groups is 1. The van der Waals surface area contributed by atoms with Crippen molar-refractivity contribution >= 4 is 17.1 Å². The Morgan fingerprint density at radius 3 is 2.15 bits per heavy atom. The maximum absolute atomic E-state index is 13.3. The largest absolute Gasteiger partial charge is 0.462 e. The fourth-order valence-corrected chi connectivity index (χ4v) is 2.92. The van der Waals surface area contributed by atoms with Gasteiger partial charge in [0.2, 0.25) is 0 Å². The third kappa shape index (κ3) is 3.49. The van der Waals surface area contributed by atoms with E-state index in [9.17, 15) is 30.7 Å². The summed E-state index contributed by atoms with van der Waals surface area (Å²) in [6.07, 6.45) is -5.59. The molecule has 2 aromatic rings. The second-order valence-electron chi connectivity index (χ2n) is 6.45. The van der Waals surface area contributed by atoms with Gasteiger partial charge in [-0.05, 0) is 33.3 Å². The molecule has 0 unspecified atom stereocenters. The normalized spacial score (nSPS) is 13.9. The van der Waals surface area contributed by atoms with Gasteiger partial charge >= 0.3 is 18.1 Å². The molecule has 0 radical (unpaired) electrons. The molecule has 0 saturated carbocycles. The van der Waals surface area contributed by atoms with E-state index < -0.39 is 18.1 Å². The highest BCUT2D eigenvalue weighted by Gasteiger charge is 2.73. The van der Waals surface area contributed by atoms with Crippen LogP contribution in [0.4, 0.5) is 30.7 Å². The molecule has 0 spiro atoms. The minimum atomic E-state index is -6.42. The number of fused-ring (bicyclic) bond motifs is 1. The molecule has 1 N–H and O–H groups in total. The van der Waals surface area contributed by atoms with Gasteiger partial charge in [-0.1, -0.05) is 18.2 Å². The minimum Gasteiger partial charge on any atom is -0.341 e. The summed E-state index contributed by atoms with van der Waals surface area (Å²) < 4.78 is 90.9. The maximum Gasteiger partial charge on any atom is 0.462 e. The lowest BCUT2D eigenvalue weighted by Crippen LogP contribution is -2.58. The number of rotatable bonds is 5. The Kier molecular flexibility index (Phi) is 5.24. The molecule has 0 aliphatic heterocycles. The van der Waals surface area contributed by atoms with Crippen LogP contribution in [-0.4, -0.2) is 28.9 Å². The zero-order chi connectivity index (χ0) is 20.8. The lowest BCUT2D eigenvalue weighted by molar-refractivity contribution is -0.361. The Labute approximate surface area is 150 Å². The van der Waals surface area contributed by atoms with Crippen LogP contribution in [0.5, 0.6) is 0 Å². The van der Waals surface area contributed by atoms with E-state index in [2.05, 4.69) is 5.10 Å². The van der Waals surface area contributed by atoms with Crippen molar-refractivity contribution in [1.82, 2.24) is 9.99 Å². The molecule has 1 aromatic heterocycles. The number of benzene rings is 1. The first-order valence-corrected chi connectivity index (χ1v) is 7.95. The maximum atomic E-state index is 13.3. The van der Waals surface area contributed by atoms with Gasteiger partial charge in [-0.3, -0.25) is 0 Å². The molecule has 3 nitrogen and oxygen atoms in total. The molecule has 1 heterocycles. The number of hydrogen-bond acceptors (Lipinski definition) is 2. The van der Waals surface area contributed by atoms with Crippen LogP contribution < -0.4 is 5.43 Å². The van der Waals surface area contributed by atoms with Gasteiger partial charge in [0.15, 0.2) is 0 Å². The fraction of sp³-hybridized carbons (Fsp3) is 0.471. The summed E-state index contributed by atoms with van der Waals surface area (Å²) in [6.45, 7) is 7.33. The van der Waals surface area contributed by atoms with Crippen molar-refractivity contribution in [1.29, 1.82) is 0 Å². The van der Waals surface area contributed by atoms with Crippen LogP contribution in [0.15, 0.2) is 23.3 Å². The van der Waals surface area contributed by atoms with Gasteiger partial charge in [0, 0.05) is 22.7 Å². The van der Waals surface area contributed by atoms with Crippen LogP contribution in [0.3, 0.4) is 0 Å². The zero-order valence-corrected chi connectivity index (χ0v) is 14.9. The first-order valence-electron chi connectivity index (χ1n) is 7.95. The van der Waals surface area contributed by atoms with Crippen molar-refractivity contribution < 1.29 is 30.7 Å². The number of para-hydroxylation sites is 1. The summed E-state index contributed by atoms with van der Waals surface area (Å²) >= 11 is 0. The molecule has 2 rings (SSSR count). The molecule has 0 saturated heterocycles. The topological polar surface area (TPSA) is 29.3 Å². The smallest absolute Gasteiger partial charge is 0.341 e. The van der Waals surface area contributed by atoms with E-state index in [4.69, 9.17) is 0 Å². The highest BCUT2D eigenvalue weighted by molar-refractivity contribution is 6.02. The average molecular weight is 397 g/mol. The van der Waals surface area contributed by atoms with Gasteiger partial charge in [-0.25, -0.2) is 5.43 Å². The van der Waals surface area contributed by atoms with Crippen LogP contribution in [0.25, 0.3) is 10.9 Å². The molecule has 0 bridgehead atoms. The number of halogens is 7. The Balaban J connectivity index is 2.46. The van der Waals surface area contributed by atoms with Crippen LogP contribution in [0.1, 0.15) is 36.7 Å². The molecule has 10 heteroatoms. The molecule has 0 fully saturated rings. The van der Waals surface area contributed by atoms with Gasteiger partial charge in [0.1, 0.15) is 0 Å². The molecular weight excluding hydrogens is 379 g/mol. The number of nitrogens with zero attached hydrogens (tertiary/aromatic N) is 2. The Morgan fingerprint density at radius 1 is 1.04 bits per heavy atom. The van der Waals surface area contributed by atoms with E-state index >= 15 is 0 Å². The highest BCUT2D eigenvalue weighted by Crippen LogP contribution is 2.45. The van der Waals surface area contributed by atoms with Crippen molar-refractivity contribution in [3.05, 3.63) is 35.0 Å². The summed E-state index contributed by atoms with van der Waals surface area (Å²) in [5, 5.41) is 3.61. The molecule has 1 aromatic carbocycles. The lowest BCUT2D eigenvalue weighted by Gasteiger charge is -2.27. The third-order valence-corrected chi connectivity index (χ3v) is 4.19. The van der Waals surface area contributed by atoms with Crippen LogP contribution in [0, 0.1) is 13.8 Å². The van der Waals surface area contributed by atoms with Gasteiger partial charge in [-0.15, -0.1) is 0 Å². The van der Waals surface area contributed by atoms with Crippen molar-refractivity contribution in [2.24, 2.45) is 5.10 Å². The second kappa shape index (κ2) is 6.72. The Morgan fingerprint density at radius 2 is 1.63 bits per heavy atom. The Bertz CT molecular complexity index is 864.